The van der Waals surface area contributed by atoms with E-state index >= 15 is 0 Å². The number of rotatable bonds is 5. The highest BCUT2D eigenvalue weighted by atomic mass is 79.9. The van der Waals surface area contributed by atoms with Gasteiger partial charge >= 0.3 is 5.97 Å². The first-order valence-corrected chi connectivity index (χ1v) is 7.90. The highest BCUT2D eigenvalue weighted by Gasteiger charge is 2.21. The van der Waals surface area contributed by atoms with E-state index in [2.05, 4.69) is 15.9 Å². The Hall–Kier alpha value is -1.88. The number of nitrogens with zero attached hydrogens (tertiary/aromatic N) is 1. The van der Waals surface area contributed by atoms with Crippen molar-refractivity contribution in [2.45, 2.75) is 26.3 Å². The second kappa shape index (κ2) is 6.92. The Morgan fingerprint density at radius 3 is 2.55 bits per heavy atom. The van der Waals surface area contributed by atoms with Crippen LogP contribution in [0, 0.1) is 0 Å². The fourth-order valence-corrected chi connectivity index (χ4v) is 2.89. The smallest absolute Gasteiger partial charge is 0.305 e. The normalized spacial score (nSPS) is 10.9. The van der Waals surface area contributed by atoms with Crippen LogP contribution in [-0.4, -0.2) is 34.5 Å². The van der Waals surface area contributed by atoms with Gasteiger partial charge in [0.05, 0.1) is 6.42 Å². The van der Waals surface area contributed by atoms with Crippen LogP contribution in [-0.2, 0) is 4.79 Å². The molecule has 0 aromatic heterocycles. The van der Waals surface area contributed by atoms with Gasteiger partial charge in [-0.15, -0.1) is 0 Å². The summed E-state index contributed by atoms with van der Waals surface area (Å²) in [5, 5.41) is 10.7. The van der Waals surface area contributed by atoms with Crippen LogP contribution < -0.4 is 0 Å². The van der Waals surface area contributed by atoms with Gasteiger partial charge in [-0.05, 0) is 36.8 Å². The lowest BCUT2D eigenvalue weighted by atomic mass is 10.0. The Morgan fingerprint density at radius 2 is 1.91 bits per heavy atom. The number of hydrogen-bond donors (Lipinski definition) is 1. The lowest BCUT2D eigenvalue weighted by molar-refractivity contribution is -0.137. The summed E-state index contributed by atoms with van der Waals surface area (Å²) >= 11 is 3.44. The van der Waals surface area contributed by atoms with E-state index in [1.54, 1.807) is 11.0 Å². The summed E-state index contributed by atoms with van der Waals surface area (Å²) in [5.74, 6) is -1.05. The van der Waals surface area contributed by atoms with Gasteiger partial charge < -0.3 is 10.0 Å². The maximum Gasteiger partial charge on any atom is 0.305 e. The molecule has 2 aromatic rings. The van der Waals surface area contributed by atoms with Gasteiger partial charge in [0.25, 0.3) is 5.91 Å². The third kappa shape index (κ3) is 3.65. The third-order valence-corrected chi connectivity index (χ3v) is 3.97. The zero-order valence-electron chi connectivity index (χ0n) is 12.5. The number of carbonyl (C=O) groups excluding carboxylic acids is 1. The molecule has 0 unspecified atom stereocenters. The van der Waals surface area contributed by atoms with Gasteiger partial charge in [-0.3, -0.25) is 9.59 Å². The van der Waals surface area contributed by atoms with Gasteiger partial charge in [-0.1, -0.05) is 40.2 Å². The molecule has 4 nitrogen and oxygen atoms in total. The molecule has 2 aromatic carbocycles. The van der Waals surface area contributed by atoms with Crippen LogP contribution >= 0.6 is 15.9 Å². The minimum Gasteiger partial charge on any atom is -0.481 e. The molecule has 0 heterocycles. The molecule has 0 saturated heterocycles. The highest BCUT2D eigenvalue weighted by Crippen LogP contribution is 2.26. The molecule has 2 rings (SSSR count). The number of benzene rings is 2. The summed E-state index contributed by atoms with van der Waals surface area (Å²) in [6.07, 6.45) is -0.0597. The summed E-state index contributed by atoms with van der Waals surface area (Å²) in [7, 11) is 0. The van der Waals surface area contributed by atoms with E-state index in [4.69, 9.17) is 5.11 Å². The van der Waals surface area contributed by atoms with Crippen molar-refractivity contribution in [2.75, 3.05) is 6.54 Å². The largest absolute Gasteiger partial charge is 0.481 e. The minimum atomic E-state index is -0.905. The second-order valence-corrected chi connectivity index (χ2v) is 6.33. The van der Waals surface area contributed by atoms with Gasteiger partial charge in [0.1, 0.15) is 0 Å². The molecule has 0 radical (unpaired) electrons. The Balaban J connectivity index is 2.44. The molecule has 0 spiro atoms. The van der Waals surface area contributed by atoms with Crippen molar-refractivity contribution in [1.29, 1.82) is 0 Å². The van der Waals surface area contributed by atoms with E-state index in [1.807, 2.05) is 44.2 Å². The number of carboxylic acid groups (broad SMARTS) is 1. The first-order valence-electron chi connectivity index (χ1n) is 7.11. The van der Waals surface area contributed by atoms with Crippen LogP contribution in [0.15, 0.2) is 40.9 Å². The lowest BCUT2D eigenvalue weighted by Gasteiger charge is -2.27. The molecule has 1 N–H and O–H groups in total. The van der Waals surface area contributed by atoms with Crippen molar-refractivity contribution in [3.8, 4) is 0 Å². The van der Waals surface area contributed by atoms with Gasteiger partial charge in [0, 0.05) is 22.6 Å². The van der Waals surface area contributed by atoms with E-state index in [0.717, 1.165) is 15.2 Å². The number of carbonyl (C=O) groups is 2. The summed E-state index contributed by atoms with van der Waals surface area (Å²) in [5.41, 5.74) is 0.587. The number of amides is 1. The van der Waals surface area contributed by atoms with Gasteiger partial charge in [-0.25, -0.2) is 0 Å². The van der Waals surface area contributed by atoms with Crippen molar-refractivity contribution in [3.05, 3.63) is 46.4 Å². The van der Waals surface area contributed by atoms with Crippen molar-refractivity contribution >= 4 is 38.6 Å². The average Bonchev–Trinajstić information content (AvgIpc) is 2.45. The monoisotopic (exact) mass is 363 g/mol. The number of fused-ring (bicyclic) bond motifs is 1. The molecule has 0 aliphatic heterocycles. The Bertz CT molecular complexity index is 712. The number of carboxylic acids is 1. The average molecular weight is 364 g/mol. The van der Waals surface area contributed by atoms with Gasteiger partial charge in [-0.2, -0.15) is 0 Å². The zero-order valence-corrected chi connectivity index (χ0v) is 14.1. The quantitative estimate of drug-likeness (QED) is 0.875. The van der Waals surface area contributed by atoms with Crippen molar-refractivity contribution in [3.63, 3.8) is 0 Å². The molecule has 5 heteroatoms. The van der Waals surface area contributed by atoms with E-state index in [1.165, 1.54) is 0 Å². The molecule has 0 aliphatic rings. The van der Waals surface area contributed by atoms with Crippen LogP contribution in [0.3, 0.4) is 0 Å². The lowest BCUT2D eigenvalue weighted by Crippen LogP contribution is -2.38. The van der Waals surface area contributed by atoms with E-state index in [9.17, 15) is 9.59 Å². The predicted octanol–water partition coefficient (Wildman–Crippen LogP) is 3.93. The molecule has 1 amide bonds. The van der Waals surface area contributed by atoms with Gasteiger partial charge in [0.15, 0.2) is 0 Å². The Morgan fingerprint density at radius 1 is 1.23 bits per heavy atom. The minimum absolute atomic E-state index is 0.0597. The number of halogens is 1. The summed E-state index contributed by atoms with van der Waals surface area (Å²) in [6, 6.07) is 11.4. The first-order chi connectivity index (χ1) is 10.4. The Labute approximate surface area is 137 Å². The van der Waals surface area contributed by atoms with E-state index < -0.39 is 5.97 Å². The van der Waals surface area contributed by atoms with Crippen molar-refractivity contribution in [2.24, 2.45) is 0 Å². The van der Waals surface area contributed by atoms with Crippen molar-refractivity contribution < 1.29 is 14.7 Å². The Kier molecular flexibility index (Phi) is 5.19. The number of hydrogen-bond acceptors (Lipinski definition) is 2. The maximum absolute atomic E-state index is 12.9. The van der Waals surface area contributed by atoms with Crippen LogP contribution in [0.25, 0.3) is 10.8 Å². The second-order valence-electron chi connectivity index (χ2n) is 5.41. The SMILES string of the molecule is CC(C)N(CCC(=O)O)C(=O)c1cc(Br)cc2ccccc12. The van der Waals surface area contributed by atoms with Crippen molar-refractivity contribution in [1.82, 2.24) is 4.90 Å². The first kappa shape index (κ1) is 16.5. The summed E-state index contributed by atoms with van der Waals surface area (Å²) in [4.78, 5) is 25.3. The number of aliphatic carboxylic acids is 1. The van der Waals surface area contributed by atoms with Crippen LogP contribution in [0.4, 0.5) is 0 Å². The topological polar surface area (TPSA) is 57.6 Å². The molecular weight excluding hydrogens is 346 g/mol. The highest BCUT2D eigenvalue weighted by molar-refractivity contribution is 9.10. The van der Waals surface area contributed by atoms with E-state index in [-0.39, 0.29) is 24.9 Å². The molecule has 116 valence electrons. The predicted molar refractivity (Wildman–Crippen MR) is 90.1 cm³/mol. The molecule has 0 fully saturated rings. The fraction of sp³-hybridized carbons (Fsp3) is 0.294. The third-order valence-electron chi connectivity index (χ3n) is 3.51. The van der Waals surface area contributed by atoms with Crippen LogP contribution in [0.2, 0.25) is 0 Å². The van der Waals surface area contributed by atoms with Crippen LogP contribution in [0.1, 0.15) is 30.6 Å². The summed E-state index contributed by atoms with van der Waals surface area (Å²) in [6.45, 7) is 3.98. The molecule has 0 bridgehead atoms. The summed E-state index contributed by atoms with van der Waals surface area (Å²) < 4.78 is 0.830. The maximum atomic E-state index is 12.9. The molecule has 22 heavy (non-hydrogen) atoms. The molecule has 0 aliphatic carbocycles. The van der Waals surface area contributed by atoms with Gasteiger partial charge in [0.2, 0.25) is 0 Å². The molecular formula is C17H18BrNO3. The molecule has 0 atom stereocenters. The zero-order chi connectivity index (χ0) is 16.3. The van der Waals surface area contributed by atoms with E-state index in [0.29, 0.717) is 5.56 Å². The standard InChI is InChI=1S/C17H18BrNO3/c1-11(2)19(8-7-16(20)21)17(22)15-10-13(18)9-12-5-3-4-6-14(12)15/h3-6,9-11H,7-8H2,1-2H3,(H,20,21). The van der Waals surface area contributed by atoms with Crippen LogP contribution in [0.5, 0.6) is 0 Å². The fourth-order valence-electron chi connectivity index (χ4n) is 2.42. The molecule has 0 saturated carbocycles.